The molecular weight excluding hydrogens is 260 g/mol. The lowest BCUT2D eigenvalue weighted by atomic mass is 10.0. The molecule has 0 saturated carbocycles. The Balaban J connectivity index is 2.19. The van der Waals surface area contributed by atoms with E-state index in [0.29, 0.717) is 0 Å². The number of nitrogens with one attached hydrogen (secondary N) is 2. The Hall–Kier alpha value is -2.81. The van der Waals surface area contributed by atoms with Gasteiger partial charge in [-0.15, -0.1) is 0 Å². The van der Waals surface area contributed by atoms with Gasteiger partial charge in [-0.3, -0.25) is 0 Å². The number of carbonyl (C=O) groups is 1. The van der Waals surface area contributed by atoms with E-state index in [4.69, 9.17) is 0 Å². The summed E-state index contributed by atoms with van der Waals surface area (Å²) in [4.78, 5) is 12.1. The van der Waals surface area contributed by atoms with E-state index in [2.05, 4.69) is 17.2 Å². The molecule has 0 aromatic heterocycles. The first-order valence-corrected chi connectivity index (χ1v) is 6.76. The molecule has 2 N–H and O–H groups in total. The predicted molar refractivity (Wildman–Crippen MR) is 90.3 cm³/mol. The van der Waals surface area contributed by atoms with Crippen LogP contribution in [0.25, 0.3) is 12.2 Å². The molecule has 0 spiro atoms. The Bertz CT molecular complexity index is 660. The molecule has 0 radical (unpaired) electrons. The van der Waals surface area contributed by atoms with Crippen LogP contribution < -0.4 is 10.6 Å². The molecule has 0 fully saturated rings. The zero-order valence-electron chi connectivity index (χ0n) is 12.0. The smallest absolute Gasteiger partial charge is 0.308 e. The first-order valence-electron chi connectivity index (χ1n) is 6.76. The highest BCUT2D eigenvalue weighted by atomic mass is 16.2. The van der Waals surface area contributed by atoms with Crippen LogP contribution in [0.2, 0.25) is 0 Å². The van der Waals surface area contributed by atoms with Gasteiger partial charge < -0.3 is 10.6 Å². The lowest BCUT2D eigenvalue weighted by Gasteiger charge is -2.12. The number of hydrogen-bond donors (Lipinski definition) is 2. The van der Waals surface area contributed by atoms with Gasteiger partial charge in [-0.05, 0) is 30.7 Å². The number of urea groups is 1. The Morgan fingerprint density at radius 1 is 1.05 bits per heavy atom. The van der Waals surface area contributed by atoms with Crippen molar-refractivity contribution in [2.24, 2.45) is 0 Å². The summed E-state index contributed by atoms with van der Waals surface area (Å²) in [7, 11) is 0. The van der Waals surface area contributed by atoms with Gasteiger partial charge in [0.05, 0.1) is 5.69 Å². The Morgan fingerprint density at radius 3 is 2.48 bits per heavy atom. The maximum absolute atomic E-state index is 12.1. The quantitative estimate of drug-likeness (QED) is 0.811. The minimum Gasteiger partial charge on any atom is -0.308 e. The number of benzene rings is 2. The largest absolute Gasteiger partial charge is 0.323 e. The fourth-order valence-corrected chi connectivity index (χ4v) is 2.03. The zero-order chi connectivity index (χ0) is 15.1. The van der Waals surface area contributed by atoms with Crippen molar-refractivity contribution >= 4 is 29.6 Å². The van der Waals surface area contributed by atoms with Gasteiger partial charge in [0.15, 0.2) is 0 Å². The van der Waals surface area contributed by atoms with E-state index in [9.17, 15) is 4.79 Å². The van der Waals surface area contributed by atoms with Crippen LogP contribution >= 0.6 is 0 Å². The van der Waals surface area contributed by atoms with Crippen molar-refractivity contribution in [3.8, 4) is 0 Å². The summed E-state index contributed by atoms with van der Waals surface area (Å²) in [5.41, 5.74) is 3.42. The zero-order valence-corrected chi connectivity index (χ0v) is 12.0. The topological polar surface area (TPSA) is 41.1 Å². The average Bonchev–Trinajstić information content (AvgIpc) is 2.50. The molecule has 0 heterocycles. The molecule has 0 aliphatic rings. The molecular formula is C18H18N2O. The van der Waals surface area contributed by atoms with Crippen LogP contribution in [0.5, 0.6) is 0 Å². The molecule has 3 nitrogen and oxygen atoms in total. The number of hydrogen-bond acceptors (Lipinski definition) is 1. The number of allylic oxidation sites excluding steroid dienone is 1. The Labute approximate surface area is 125 Å². The van der Waals surface area contributed by atoms with Gasteiger partial charge in [-0.1, -0.05) is 55.1 Å². The van der Waals surface area contributed by atoms with E-state index in [1.807, 2.05) is 67.6 Å². The second-order valence-electron chi connectivity index (χ2n) is 4.46. The van der Waals surface area contributed by atoms with Gasteiger partial charge in [-0.25, -0.2) is 4.79 Å². The average molecular weight is 278 g/mol. The predicted octanol–water partition coefficient (Wildman–Crippen LogP) is 5.01. The summed E-state index contributed by atoms with van der Waals surface area (Å²) in [5.74, 6) is 0. The van der Waals surface area contributed by atoms with Crippen LogP contribution in [0, 0.1) is 0 Å². The van der Waals surface area contributed by atoms with E-state index in [0.717, 1.165) is 22.5 Å². The highest BCUT2D eigenvalue weighted by Crippen LogP contribution is 2.23. The van der Waals surface area contributed by atoms with Crippen LogP contribution in [0.4, 0.5) is 16.2 Å². The summed E-state index contributed by atoms with van der Waals surface area (Å²) < 4.78 is 0. The van der Waals surface area contributed by atoms with Crippen molar-refractivity contribution in [1.29, 1.82) is 0 Å². The van der Waals surface area contributed by atoms with E-state index < -0.39 is 0 Å². The molecule has 106 valence electrons. The number of rotatable bonds is 4. The van der Waals surface area contributed by atoms with Gasteiger partial charge in [0.2, 0.25) is 0 Å². The summed E-state index contributed by atoms with van der Waals surface area (Å²) in [6.45, 7) is 5.74. The van der Waals surface area contributed by atoms with Crippen LogP contribution in [0.3, 0.4) is 0 Å². The van der Waals surface area contributed by atoms with E-state index in [1.165, 1.54) is 0 Å². The second-order valence-corrected chi connectivity index (χ2v) is 4.46. The maximum Gasteiger partial charge on any atom is 0.323 e. The van der Waals surface area contributed by atoms with E-state index in [-0.39, 0.29) is 6.03 Å². The molecule has 2 aromatic rings. The van der Waals surface area contributed by atoms with Crippen molar-refractivity contribution in [1.82, 2.24) is 0 Å². The van der Waals surface area contributed by atoms with Gasteiger partial charge in [0.1, 0.15) is 0 Å². The van der Waals surface area contributed by atoms with Crippen LogP contribution in [0.15, 0.2) is 61.2 Å². The monoisotopic (exact) mass is 278 g/mol. The van der Waals surface area contributed by atoms with Crippen molar-refractivity contribution in [3.63, 3.8) is 0 Å². The molecule has 3 heteroatoms. The minimum atomic E-state index is -0.270. The van der Waals surface area contributed by atoms with Crippen molar-refractivity contribution in [3.05, 3.63) is 72.3 Å². The Morgan fingerprint density at radius 2 is 1.81 bits per heavy atom. The SMILES string of the molecule is C=Cc1cccc(NC(=O)Nc2ccccc2)c1/C=C\C. The van der Waals surface area contributed by atoms with Gasteiger partial charge in [0, 0.05) is 11.3 Å². The molecule has 2 aromatic carbocycles. The molecule has 0 aliphatic carbocycles. The molecule has 0 atom stereocenters. The first-order chi connectivity index (χ1) is 10.2. The molecule has 0 aliphatic heterocycles. The van der Waals surface area contributed by atoms with Gasteiger partial charge >= 0.3 is 6.03 Å². The van der Waals surface area contributed by atoms with Crippen LogP contribution in [0.1, 0.15) is 18.1 Å². The first kappa shape index (κ1) is 14.6. The number of amides is 2. The normalized spacial score (nSPS) is 10.3. The van der Waals surface area contributed by atoms with Crippen molar-refractivity contribution < 1.29 is 4.79 Å². The molecule has 2 amide bonds. The third kappa shape index (κ3) is 3.83. The van der Waals surface area contributed by atoms with Gasteiger partial charge in [0.25, 0.3) is 0 Å². The summed E-state index contributed by atoms with van der Waals surface area (Å²) in [6, 6.07) is 14.8. The van der Waals surface area contributed by atoms with Crippen LogP contribution in [-0.2, 0) is 0 Å². The third-order valence-corrected chi connectivity index (χ3v) is 2.97. The molecule has 0 unspecified atom stereocenters. The maximum atomic E-state index is 12.1. The summed E-state index contributed by atoms with van der Waals surface area (Å²) >= 11 is 0. The molecule has 2 rings (SSSR count). The lowest BCUT2D eigenvalue weighted by Crippen LogP contribution is -2.20. The van der Waals surface area contributed by atoms with Crippen LogP contribution in [-0.4, -0.2) is 6.03 Å². The molecule has 0 bridgehead atoms. The Kier molecular flexibility index (Phi) is 4.94. The number of anilines is 2. The third-order valence-electron chi connectivity index (χ3n) is 2.97. The minimum absolute atomic E-state index is 0.270. The molecule has 0 saturated heterocycles. The van der Waals surface area contributed by atoms with E-state index in [1.54, 1.807) is 6.08 Å². The lowest BCUT2D eigenvalue weighted by molar-refractivity contribution is 0.262. The second kappa shape index (κ2) is 7.10. The van der Waals surface area contributed by atoms with Crippen molar-refractivity contribution in [2.75, 3.05) is 10.6 Å². The van der Waals surface area contributed by atoms with Gasteiger partial charge in [-0.2, -0.15) is 0 Å². The standard InChI is InChI=1S/C18H18N2O/c1-3-9-16-14(4-2)10-8-13-17(16)20-18(21)19-15-11-6-5-7-12-15/h3-13H,2H2,1H3,(H2,19,20,21)/b9-3-. The fourth-order valence-electron chi connectivity index (χ4n) is 2.03. The number of carbonyl (C=O) groups excluding carboxylic acids is 1. The summed E-state index contributed by atoms with van der Waals surface area (Å²) in [6.07, 6.45) is 5.66. The summed E-state index contributed by atoms with van der Waals surface area (Å²) in [5, 5.41) is 5.67. The highest BCUT2D eigenvalue weighted by molar-refractivity contribution is 6.01. The fraction of sp³-hybridized carbons (Fsp3) is 0.0556. The number of para-hydroxylation sites is 1. The van der Waals surface area contributed by atoms with E-state index >= 15 is 0 Å². The van der Waals surface area contributed by atoms with Crippen molar-refractivity contribution in [2.45, 2.75) is 6.92 Å². The molecule has 21 heavy (non-hydrogen) atoms. The highest BCUT2D eigenvalue weighted by Gasteiger charge is 2.07.